The highest BCUT2D eigenvalue weighted by atomic mass is 16.1. The molecule has 1 aliphatic rings. The molecule has 0 saturated carbocycles. The standard InChI is InChI=1S/C22H29N5O.CH3NO/c1-13-4-8-18-15(10-13)5-6-16-11-17(20(28)26-3)7-9-19(16)22(18,12-14(2)23)21(24)27-25;2-1-3/h4,7-11,14H,5-6,12,23,25H2,1-3H3,(H2,24,27)(H,26,28);1H,(H2,2,3)/t14-,22?;/m1./s1. The van der Waals surface area contributed by atoms with E-state index in [2.05, 4.69) is 41.3 Å². The van der Waals surface area contributed by atoms with E-state index in [9.17, 15) is 4.79 Å². The second-order valence-corrected chi connectivity index (χ2v) is 7.85. The van der Waals surface area contributed by atoms with E-state index in [1.54, 1.807) is 7.05 Å². The number of nitrogens with two attached hydrogens (primary N) is 4. The van der Waals surface area contributed by atoms with Crippen LogP contribution >= 0.6 is 0 Å². The van der Waals surface area contributed by atoms with Crippen molar-refractivity contribution >= 4 is 18.2 Å². The molecule has 2 amide bonds. The van der Waals surface area contributed by atoms with Gasteiger partial charge in [0.15, 0.2) is 0 Å². The summed E-state index contributed by atoms with van der Waals surface area (Å²) in [4.78, 5) is 20.8. The van der Waals surface area contributed by atoms with Gasteiger partial charge >= 0.3 is 0 Å². The number of amidine groups is 1. The summed E-state index contributed by atoms with van der Waals surface area (Å²) in [5.74, 6) is 5.94. The zero-order valence-corrected chi connectivity index (χ0v) is 18.3. The molecule has 2 aromatic rings. The van der Waals surface area contributed by atoms with Crippen LogP contribution in [0.4, 0.5) is 0 Å². The summed E-state index contributed by atoms with van der Waals surface area (Å²) in [6.45, 7) is 4.04. The number of primary amides is 1. The van der Waals surface area contributed by atoms with Gasteiger partial charge in [0.05, 0.1) is 5.41 Å². The molecule has 8 heteroatoms. The predicted molar refractivity (Wildman–Crippen MR) is 124 cm³/mol. The summed E-state index contributed by atoms with van der Waals surface area (Å²) in [7, 11) is 1.63. The van der Waals surface area contributed by atoms with Gasteiger partial charge in [-0.05, 0) is 67.5 Å². The fourth-order valence-corrected chi connectivity index (χ4v) is 4.46. The van der Waals surface area contributed by atoms with Gasteiger partial charge in [-0.15, -0.1) is 0 Å². The van der Waals surface area contributed by atoms with Crippen LogP contribution in [0.15, 0.2) is 41.5 Å². The van der Waals surface area contributed by atoms with Gasteiger partial charge in [0.2, 0.25) is 6.41 Å². The maximum absolute atomic E-state index is 12.2. The predicted octanol–water partition coefficient (Wildman–Crippen LogP) is 0.809. The zero-order valence-electron chi connectivity index (χ0n) is 18.3. The highest BCUT2D eigenvalue weighted by Gasteiger charge is 2.43. The number of benzene rings is 2. The Morgan fingerprint density at radius 3 is 2.26 bits per heavy atom. The monoisotopic (exact) mass is 424 g/mol. The van der Waals surface area contributed by atoms with Gasteiger partial charge < -0.3 is 28.4 Å². The van der Waals surface area contributed by atoms with Gasteiger partial charge in [0.25, 0.3) is 5.91 Å². The molecule has 1 aliphatic carbocycles. The van der Waals surface area contributed by atoms with Crippen molar-refractivity contribution in [2.75, 3.05) is 7.05 Å². The number of amides is 2. The highest BCUT2D eigenvalue weighted by molar-refractivity contribution is 5.98. The normalized spacial score (nSPS) is 18.4. The molecule has 0 fully saturated rings. The summed E-state index contributed by atoms with van der Waals surface area (Å²) in [5.41, 5.74) is 22.4. The number of nitrogens with zero attached hydrogens (tertiary/aromatic N) is 1. The second kappa shape index (κ2) is 10.1. The molecule has 8 nitrogen and oxygen atoms in total. The maximum atomic E-state index is 12.2. The minimum absolute atomic E-state index is 0.112. The number of fused-ring (bicyclic) bond motifs is 2. The van der Waals surface area contributed by atoms with Gasteiger partial charge in [-0.1, -0.05) is 29.8 Å². The van der Waals surface area contributed by atoms with Crippen molar-refractivity contribution in [1.82, 2.24) is 5.32 Å². The number of aryl methyl sites for hydroxylation is 3. The smallest absolute Gasteiger partial charge is 0.251 e. The Bertz CT molecular complexity index is 986. The maximum Gasteiger partial charge on any atom is 0.251 e. The Kier molecular flexibility index (Phi) is 7.77. The minimum Gasteiger partial charge on any atom is -0.385 e. The van der Waals surface area contributed by atoms with Crippen molar-refractivity contribution in [2.24, 2.45) is 28.1 Å². The van der Waals surface area contributed by atoms with Crippen LogP contribution in [0, 0.1) is 6.92 Å². The third-order valence-corrected chi connectivity index (χ3v) is 5.64. The number of nitrogens with one attached hydrogen (secondary N) is 1. The van der Waals surface area contributed by atoms with E-state index in [4.69, 9.17) is 22.1 Å². The van der Waals surface area contributed by atoms with Crippen LogP contribution in [0.3, 0.4) is 0 Å². The SMILES string of the molecule is CNC(=O)c1ccc2c(c1)CCc1cc(C)ccc1C2(C[C@@H](C)N)/C(N)=N/N.NC=O. The van der Waals surface area contributed by atoms with Crippen LogP contribution in [-0.2, 0) is 23.1 Å². The lowest BCUT2D eigenvalue weighted by molar-refractivity contribution is -0.106. The Labute approximate surface area is 183 Å². The lowest BCUT2D eigenvalue weighted by Crippen LogP contribution is -2.47. The minimum atomic E-state index is -0.723. The second-order valence-electron chi connectivity index (χ2n) is 7.85. The highest BCUT2D eigenvalue weighted by Crippen LogP contribution is 2.43. The van der Waals surface area contributed by atoms with Crippen molar-refractivity contribution < 1.29 is 9.59 Å². The Morgan fingerprint density at radius 1 is 1.19 bits per heavy atom. The molecule has 31 heavy (non-hydrogen) atoms. The van der Waals surface area contributed by atoms with Crippen LogP contribution in [0.25, 0.3) is 0 Å². The fraction of sp³-hybridized carbons (Fsp3) is 0.348. The summed E-state index contributed by atoms with van der Waals surface area (Å²) in [6, 6.07) is 12.0. The third-order valence-electron chi connectivity index (χ3n) is 5.64. The van der Waals surface area contributed by atoms with Gasteiger partial charge in [0, 0.05) is 18.7 Å². The molecule has 2 atom stereocenters. The summed E-state index contributed by atoms with van der Waals surface area (Å²) >= 11 is 0. The first-order chi connectivity index (χ1) is 14.7. The quantitative estimate of drug-likeness (QED) is 0.161. The molecule has 0 bridgehead atoms. The number of carbonyl (C=O) groups excluding carboxylic acids is 2. The average Bonchev–Trinajstić information content (AvgIpc) is 2.87. The molecule has 0 radical (unpaired) electrons. The Hall–Kier alpha value is -3.39. The number of hydrogen-bond donors (Lipinski definition) is 5. The molecule has 0 heterocycles. The molecule has 0 spiro atoms. The number of carbonyl (C=O) groups is 2. The van der Waals surface area contributed by atoms with E-state index in [1.807, 2.05) is 25.1 Å². The van der Waals surface area contributed by atoms with Crippen molar-refractivity contribution in [3.05, 3.63) is 69.8 Å². The summed E-state index contributed by atoms with van der Waals surface area (Å²) in [6.07, 6.45) is 2.47. The molecule has 166 valence electrons. The van der Waals surface area contributed by atoms with Gasteiger partial charge in [-0.25, -0.2) is 0 Å². The Morgan fingerprint density at radius 2 is 1.74 bits per heavy atom. The molecule has 0 aromatic heterocycles. The molecular weight excluding hydrogens is 392 g/mol. The summed E-state index contributed by atoms with van der Waals surface area (Å²) < 4.78 is 0. The molecule has 1 unspecified atom stereocenters. The van der Waals surface area contributed by atoms with E-state index in [0.29, 0.717) is 17.8 Å². The van der Waals surface area contributed by atoms with Crippen molar-refractivity contribution in [2.45, 2.75) is 44.6 Å². The first kappa shape index (κ1) is 23.9. The van der Waals surface area contributed by atoms with E-state index >= 15 is 0 Å². The molecule has 0 saturated heterocycles. The number of rotatable bonds is 4. The van der Waals surface area contributed by atoms with Crippen molar-refractivity contribution in [3.8, 4) is 0 Å². The van der Waals surface area contributed by atoms with Gasteiger partial charge in [-0.2, -0.15) is 5.10 Å². The van der Waals surface area contributed by atoms with Crippen molar-refractivity contribution in [1.29, 1.82) is 0 Å². The van der Waals surface area contributed by atoms with E-state index in [1.165, 1.54) is 11.1 Å². The van der Waals surface area contributed by atoms with Gasteiger partial charge in [-0.3, -0.25) is 9.59 Å². The van der Waals surface area contributed by atoms with Crippen LogP contribution < -0.4 is 28.4 Å². The zero-order chi connectivity index (χ0) is 23.2. The van der Waals surface area contributed by atoms with Crippen LogP contribution in [0.1, 0.15) is 51.5 Å². The van der Waals surface area contributed by atoms with E-state index < -0.39 is 5.41 Å². The third kappa shape index (κ3) is 4.69. The molecular formula is C23H32N6O2. The van der Waals surface area contributed by atoms with Crippen LogP contribution in [0.2, 0.25) is 0 Å². The molecule has 9 N–H and O–H groups in total. The van der Waals surface area contributed by atoms with Crippen LogP contribution in [0.5, 0.6) is 0 Å². The lowest BCUT2D eigenvalue weighted by Gasteiger charge is -2.37. The molecule has 0 aliphatic heterocycles. The molecule has 2 aromatic carbocycles. The van der Waals surface area contributed by atoms with Crippen LogP contribution in [-0.4, -0.2) is 31.2 Å². The van der Waals surface area contributed by atoms with Crippen molar-refractivity contribution in [3.63, 3.8) is 0 Å². The fourth-order valence-electron chi connectivity index (χ4n) is 4.46. The largest absolute Gasteiger partial charge is 0.385 e. The Balaban J connectivity index is 0.00000107. The average molecular weight is 425 g/mol. The van der Waals surface area contributed by atoms with Gasteiger partial charge in [0.1, 0.15) is 5.84 Å². The lowest BCUT2D eigenvalue weighted by atomic mass is 9.67. The first-order valence-electron chi connectivity index (χ1n) is 10.1. The van der Waals surface area contributed by atoms with E-state index in [0.717, 1.165) is 29.5 Å². The first-order valence-corrected chi connectivity index (χ1v) is 10.1. The molecule has 3 rings (SSSR count). The number of hydrazone groups is 1. The summed E-state index contributed by atoms with van der Waals surface area (Å²) in [5, 5.41) is 6.62. The number of hydrogen-bond acceptors (Lipinski definition) is 5. The van der Waals surface area contributed by atoms with E-state index in [-0.39, 0.29) is 18.4 Å². The topological polar surface area (TPSA) is 163 Å².